The van der Waals surface area contributed by atoms with Crippen LogP contribution >= 0.6 is 0 Å². The van der Waals surface area contributed by atoms with E-state index in [9.17, 15) is 9.59 Å². The molecule has 120 valence electrons. The zero-order valence-electron chi connectivity index (χ0n) is 14.4. The lowest BCUT2D eigenvalue weighted by molar-refractivity contribution is -0.117. The molecule has 0 aliphatic heterocycles. The molecule has 0 heterocycles. The van der Waals surface area contributed by atoms with Crippen LogP contribution in [0.15, 0.2) is 47.6 Å². The third kappa shape index (κ3) is 5.25. The molecule has 0 N–H and O–H groups in total. The molecule has 0 aromatic rings. The van der Waals surface area contributed by atoms with Crippen molar-refractivity contribution in [1.29, 1.82) is 0 Å². The Morgan fingerprint density at radius 3 is 1.41 bits per heavy atom. The van der Waals surface area contributed by atoms with E-state index in [2.05, 4.69) is 13.2 Å². The van der Waals surface area contributed by atoms with Gasteiger partial charge in [-0.3, -0.25) is 9.59 Å². The van der Waals surface area contributed by atoms with Crippen LogP contribution in [0.25, 0.3) is 0 Å². The maximum Gasteiger partial charge on any atom is 0.158 e. The molecule has 2 unspecified atom stereocenters. The zero-order valence-corrected chi connectivity index (χ0v) is 14.4. The fraction of sp³-hybridized carbons (Fsp3) is 0.500. The lowest BCUT2D eigenvalue weighted by Gasteiger charge is -2.18. The van der Waals surface area contributed by atoms with E-state index in [0.717, 1.165) is 35.1 Å². The van der Waals surface area contributed by atoms with Crippen molar-refractivity contribution in [2.24, 2.45) is 11.8 Å². The van der Waals surface area contributed by atoms with E-state index in [1.807, 2.05) is 39.8 Å². The highest BCUT2D eigenvalue weighted by Gasteiger charge is 2.19. The minimum Gasteiger partial charge on any atom is -0.295 e. The monoisotopic (exact) mass is 300 g/mol. The van der Waals surface area contributed by atoms with Crippen molar-refractivity contribution in [3.05, 3.63) is 47.6 Å². The Labute approximate surface area is 134 Å². The van der Waals surface area contributed by atoms with Crippen LogP contribution in [-0.4, -0.2) is 11.6 Å². The Morgan fingerprint density at radius 2 is 1.18 bits per heavy atom. The minimum atomic E-state index is 0.282. The molecule has 22 heavy (non-hydrogen) atoms. The zero-order chi connectivity index (χ0) is 16.9. The van der Waals surface area contributed by atoms with Crippen molar-refractivity contribution in [3.63, 3.8) is 0 Å². The van der Waals surface area contributed by atoms with Crippen molar-refractivity contribution >= 4 is 11.6 Å². The molecule has 0 aromatic heterocycles. The molecule has 0 saturated carbocycles. The number of hydrogen-bond donors (Lipinski definition) is 0. The van der Waals surface area contributed by atoms with Gasteiger partial charge in [0.05, 0.1) is 0 Å². The van der Waals surface area contributed by atoms with Crippen molar-refractivity contribution in [2.75, 3.05) is 0 Å². The quantitative estimate of drug-likeness (QED) is 0.674. The van der Waals surface area contributed by atoms with Crippen LogP contribution in [-0.2, 0) is 9.59 Å². The predicted molar refractivity (Wildman–Crippen MR) is 92.6 cm³/mol. The van der Waals surface area contributed by atoms with Crippen LogP contribution in [0.2, 0.25) is 0 Å². The lowest BCUT2D eigenvalue weighted by Crippen LogP contribution is -2.14. The molecule has 2 nitrogen and oxygen atoms in total. The van der Waals surface area contributed by atoms with Gasteiger partial charge in [-0.25, -0.2) is 0 Å². The lowest BCUT2D eigenvalue weighted by atomic mass is 9.85. The van der Waals surface area contributed by atoms with Crippen LogP contribution in [0.5, 0.6) is 0 Å². The molecule has 0 spiro atoms. The number of rotatable bonds is 2. The number of carbonyl (C=O) groups excluding carboxylic acids is 2. The van der Waals surface area contributed by atoms with Gasteiger partial charge in [-0.1, -0.05) is 36.5 Å². The predicted octanol–water partition coefficient (Wildman–Crippen LogP) is 4.98. The van der Waals surface area contributed by atoms with Gasteiger partial charge in [0.15, 0.2) is 11.6 Å². The Balaban J connectivity index is 0.000000220. The van der Waals surface area contributed by atoms with Gasteiger partial charge < -0.3 is 0 Å². The Bertz CT molecular complexity index is 496. The molecule has 0 fully saturated rings. The standard InChI is InChI=1S/2C10H14O/c2*1-7(2)9-5-4-8(3)10(11)6-9/h2*4,9H,1,5-6H2,2-3H3. The van der Waals surface area contributed by atoms with E-state index in [1.165, 1.54) is 0 Å². The first kappa shape index (κ1) is 18.3. The summed E-state index contributed by atoms with van der Waals surface area (Å²) >= 11 is 0. The first-order chi connectivity index (χ1) is 10.2. The molecule has 0 saturated heterocycles. The van der Waals surface area contributed by atoms with Gasteiger partial charge in [-0.15, -0.1) is 0 Å². The maximum absolute atomic E-state index is 11.2. The number of hydrogen-bond acceptors (Lipinski definition) is 2. The first-order valence-electron chi connectivity index (χ1n) is 7.93. The second kappa shape index (κ2) is 8.07. The van der Waals surface area contributed by atoms with E-state index in [-0.39, 0.29) is 11.6 Å². The molecule has 0 radical (unpaired) electrons. The summed E-state index contributed by atoms with van der Waals surface area (Å²) in [6.45, 7) is 15.5. The summed E-state index contributed by atoms with van der Waals surface area (Å²) in [5.74, 6) is 1.35. The molecular weight excluding hydrogens is 272 g/mol. The second-order valence-corrected chi connectivity index (χ2v) is 6.59. The highest BCUT2D eigenvalue weighted by atomic mass is 16.1. The molecule has 2 heteroatoms. The van der Waals surface area contributed by atoms with Gasteiger partial charge >= 0.3 is 0 Å². The fourth-order valence-corrected chi connectivity index (χ4v) is 2.55. The molecule has 0 bridgehead atoms. The Morgan fingerprint density at radius 1 is 0.864 bits per heavy atom. The molecule has 2 aliphatic carbocycles. The van der Waals surface area contributed by atoms with Gasteiger partial charge in [0, 0.05) is 12.8 Å². The van der Waals surface area contributed by atoms with Crippen molar-refractivity contribution in [2.45, 2.75) is 53.4 Å². The number of ketones is 2. The summed E-state index contributed by atoms with van der Waals surface area (Å²) in [5, 5.41) is 0. The highest BCUT2D eigenvalue weighted by molar-refractivity contribution is 5.96. The van der Waals surface area contributed by atoms with E-state index >= 15 is 0 Å². The van der Waals surface area contributed by atoms with E-state index < -0.39 is 0 Å². The van der Waals surface area contributed by atoms with E-state index in [4.69, 9.17) is 0 Å². The largest absolute Gasteiger partial charge is 0.295 e. The van der Waals surface area contributed by atoms with Crippen LogP contribution in [0.1, 0.15) is 53.4 Å². The number of carbonyl (C=O) groups is 2. The SMILES string of the molecule is C=C(C)C1CC=C(C)C(=O)C1.C=C(C)C1CC=C(C)C(=O)C1. The summed E-state index contributed by atoms with van der Waals surface area (Å²) in [7, 11) is 0. The molecular formula is C20H28O2. The average Bonchev–Trinajstić information content (AvgIpc) is 2.45. The van der Waals surface area contributed by atoms with Gasteiger partial charge in [0.2, 0.25) is 0 Å². The molecule has 0 aromatic carbocycles. The van der Waals surface area contributed by atoms with Gasteiger partial charge in [0.1, 0.15) is 0 Å². The topological polar surface area (TPSA) is 34.1 Å². The van der Waals surface area contributed by atoms with Crippen LogP contribution in [0.3, 0.4) is 0 Å². The van der Waals surface area contributed by atoms with Crippen molar-refractivity contribution in [3.8, 4) is 0 Å². The van der Waals surface area contributed by atoms with Crippen LogP contribution in [0.4, 0.5) is 0 Å². The molecule has 0 amide bonds. The van der Waals surface area contributed by atoms with Gasteiger partial charge in [-0.2, -0.15) is 0 Å². The highest BCUT2D eigenvalue weighted by Crippen LogP contribution is 2.26. The average molecular weight is 300 g/mol. The Hall–Kier alpha value is -1.70. The number of allylic oxidation sites excluding steroid dienone is 6. The van der Waals surface area contributed by atoms with E-state index in [0.29, 0.717) is 24.7 Å². The second-order valence-electron chi connectivity index (χ2n) is 6.59. The van der Waals surface area contributed by atoms with Crippen molar-refractivity contribution in [1.82, 2.24) is 0 Å². The van der Waals surface area contributed by atoms with Crippen molar-refractivity contribution < 1.29 is 9.59 Å². The van der Waals surface area contributed by atoms with Gasteiger partial charge in [-0.05, 0) is 63.5 Å². The third-order valence-electron chi connectivity index (χ3n) is 4.55. The fourth-order valence-electron chi connectivity index (χ4n) is 2.55. The normalized spacial score (nSPS) is 24.7. The molecule has 2 atom stereocenters. The summed E-state index contributed by atoms with van der Waals surface area (Å²) in [6, 6.07) is 0. The van der Waals surface area contributed by atoms with Gasteiger partial charge in [0.25, 0.3) is 0 Å². The van der Waals surface area contributed by atoms with Crippen LogP contribution in [0, 0.1) is 11.8 Å². The molecule has 2 rings (SSSR count). The summed E-state index contributed by atoms with van der Waals surface area (Å²) in [5.41, 5.74) is 4.09. The number of Topliss-reactive ketones (excluding diaryl/α,β-unsaturated/α-hetero) is 2. The maximum atomic E-state index is 11.2. The smallest absolute Gasteiger partial charge is 0.158 e. The third-order valence-corrected chi connectivity index (χ3v) is 4.55. The molecule has 2 aliphatic rings. The van der Waals surface area contributed by atoms with E-state index in [1.54, 1.807) is 0 Å². The summed E-state index contributed by atoms with van der Waals surface area (Å²) in [4.78, 5) is 22.4. The summed E-state index contributed by atoms with van der Waals surface area (Å²) < 4.78 is 0. The first-order valence-corrected chi connectivity index (χ1v) is 7.93. The Kier molecular flexibility index (Phi) is 6.73. The summed E-state index contributed by atoms with van der Waals surface area (Å²) in [6.07, 6.45) is 7.35. The van der Waals surface area contributed by atoms with Crippen LogP contribution < -0.4 is 0 Å². The minimum absolute atomic E-state index is 0.282.